The molecule has 2 radical (unpaired) electrons. The molecule has 0 saturated carbocycles. The number of hydrogen-bond donors (Lipinski definition) is 1. The van der Waals surface area contributed by atoms with E-state index in [9.17, 15) is 4.80 Å². The second-order valence-electron chi connectivity index (χ2n) is 3.44. The fourth-order valence-electron chi connectivity index (χ4n) is 1.48. The molecule has 7 nitrogen and oxygen atoms in total. The minimum atomic E-state index is -3.37. The third-order valence-electron chi connectivity index (χ3n) is 2.03. The van der Waals surface area contributed by atoms with E-state index in [0.717, 1.165) is 0 Å². The molecule has 0 saturated heterocycles. The van der Waals surface area contributed by atoms with Crippen molar-refractivity contribution in [2.24, 2.45) is 0 Å². The molecular formula is C10H26O7Si3. The van der Waals surface area contributed by atoms with Crippen molar-refractivity contribution >= 4 is 26.7 Å². The molecule has 0 heterocycles. The Morgan fingerprint density at radius 1 is 0.700 bits per heavy atom. The molecule has 0 amide bonds. The Hall–Kier alpha value is 0.371. The Morgan fingerprint density at radius 2 is 1.05 bits per heavy atom. The van der Waals surface area contributed by atoms with Crippen LogP contribution in [0.25, 0.3) is 0 Å². The Kier molecular flexibility index (Phi) is 11.2. The van der Waals surface area contributed by atoms with Gasteiger partial charge in [-0.05, 0) is 34.6 Å². The molecule has 0 spiro atoms. The molecule has 0 aromatic rings. The van der Waals surface area contributed by atoms with Crippen molar-refractivity contribution < 1.29 is 31.0 Å². The zero-order chi connectivity index (χ0) is 15.5. The lowest BCUT2D eigenvalue weighted by atomic mass is 10.9. The van der Waals surface area contributed by atoms with Crippen LogP contribution in [0, 0.1) is 0 Å². The topological polar surface area (TPSA) is 75.6 Å². The van der Waals surface area contributed by atoms with Crippen LogP contribution in [0.2, 0.25) is 0 Å². The number of rotatable bonds is 13. The summed E-state index contributed by atoms with van der Waals surface area (Å²) in [5.74, 6) is 0. The highest BCUT2D eigenvalue weighted by Gasteiger charge is 2.57. The highest BCUT2D eigenvalue weighted by atomic mass is 29.2. The van der Waals surface area contributed by atoms with Crippen molar-refractivity contribution in [2.45, 2.75) is 34.6 Å². The van der Waals surface area contributed by atoms with Gasteiger partial charge < -0.3 is 31.0 Å². The zero-order valence-corrected chi connectivity index (χ0v) is 15.9. The van der Waals surface area contributed by atoms with Crippen LogP contribution in [0.5, 0.6) is 0 Å². The van der Waals surface area contributed by atoms with Crippen LogP contribution >= 0.6 is 0 Å². The van der Waals surface area contributed by atoms with Crippen molar-refractivity contribution in [3.8, 4) is 0 Å². The molecule has 0 fully saturated rings. The lowest BCUT2D eigenvalue weighted by Gasteiger charge is -2.35. The van der Waals surface area contributed by atoms with Crippen LogP contribution in [-0.4, -0.2) is 64.5 Å². The van der Waals surface area contributed by atoms with Gasteiger partial charge in [0.25, 0.3) is 0 Å². The van der Waals surface area contributed by atoms with E-state index in [4.69, 9.17) is 26.2 Å². The SMILES string of the molecule is CCO[Si](OCC)(OCC)O[Si](OCC)(OCC)[Si]O. The van der Waals surface area contributed by atoms with E-state index in [0.29, 0.717) is 33.0 Å². The molecule has 0 aliphatic carbocycles. The average Bonchev–Trinajstić information content (AvgIpc) is 2.40. The summed E-state index contributed by atoms with van der Waals surface area (Å²) >= 11 is 0. The van der Waals surface area contributed by atoms with E-state index in [1.54, 1.807) is 0 Å². The molecule has 0 aliphatic heterocycles. The van der Waals surface area contributed by atoms with Gasteiger partial charge in [0.05, 0.1) is 0 Å². The summed E-state index contributed by atoms with van der Waals surface area (Å²) in [4.78, 5) is 9.68. The van der Waals surface area contributed by atoms with Gasteiger partial charge in [0.15, 0.2) is 0 Å². The van der Waals surface area contributed by atoms with Crippen molar-refractivity contribution in [2.75, 3.05) is 33.0 Å². The third-order valence-corrected chi connectivity index (χ3v) is 10.2. The molecule has 1 N–H and O–H groups in total. The van der Waals surface area contributed by atoms with E-state index in [1.165, 1.54) is 0 Å². The third kappa shape index (κ3) is 6.43. The maximum absolute atomic E-state index is 9.68. The molecule has 120 valence electrons. The lowest BCUT2D eigenvalue weighted by molar-refractivity contribution is -0.0169. The van der Waals surface area contributed by atoms with E-state index >= 15 is 0 Å². The number of hydrogen-bond acceptors (Lipinski definition) is 7. The molecule has 0 aromatic heterocycles. The molecule has 0 unspecified atom stereocenters. The summed E-state index contributed by atoms with van der Waals surface area (Å²) in [5.41, 5.74) is 0. The quantitative estimate of drug-likeness (QED) is 0.493. The zero-order valence-electron chi connectivity index (χ0n) is 12.9. The van der Waals surface area contributed by atoms with Crippen molar-refractivity contribution in [3.63, 3.8) is 0 Å². The van der Waals surface area contributed by atoms with Crippen LogP contribution in [0.1, 0.15) is 34.6 Å². The van der Waals surface area contributed by atoms with E-state index in [1.807, 2.05) is 34.6 Å². The Morgan fingerprint density at radius 3 is 1.30 bits per heavy atom. The normalized spacial score (nSPS) is 12.9. The van der Waals surface area contributed by atoms with Gasteiger partial charge in [-0.2, -0.15) is 0 Å². The second-order valence-corrected chi connectivity index (χ2v) is 10.5. The predicted molar refractivity (Wildman–Crippen MR) is 78.7 cm³/mol. The first kappa shape index (κ1) is 20.4. The smallest absolute Gasteiger partial charge is 0.429 e. The monoisotopic (exact) mass is 342 g/mol. The molecule has 0 rings (SSSR count). The molecule has 10 heteroatoms. The Balaban J connectivity index is 5.19. The maximum atomic E-state index is 9.68. The minimum absolute atomic E-state index is 0.370. The first-order valence-electron chi connectivity index (χ1n) is 6.88. The van der Waals surface area contributed by atoms with Crippen LogP contribution in [-0.2, 0) is 26.2 Å². The lowest BCUT2D eigenvalue weighted by Crippen LogP contribution is -2.63. The molecule has 0 aliphatic rings. The first-order chi connectivity index (χ1) is 9.57. The molecule has 20 heavy (non-hydrogen) atoms. The van der Waals surface area contributed by atoms with Gasteiger partial charge in [0.2, 0.25) is 0 Å². The van der Waals surface area contributed by atoms with Crippen molar-refractivity contribution in [1.82, 2.24) is 0 Å². The van der Waals surface area contributed by atoms with E-state index < -0.39 is 26.7 Å². The predicted octanol–water partition coefficient (Wildman–Crippen LogP) is 0.668. The molecule has 0 bridgehead atoms. The molecular weight excluding hydrogens is 316 g/mol. The second kappa shape index (κ2) is 11.0. The summed E-state index contributed by atoms with van der Waals surface area (Å²) in [6, 6.07) is 0. The standard InChI is InChI=1S/C10H26O7Si3/c1-6-12-19(13-7-2,14-8-3)17-20(18-11,15-9-4)16-10-5/h11H,6-10H2,1-5H3. The van der Waals surface area contributed by atoms with Gasteiger partial charge in [-0.25, -0.2) is 0 Å². The average molecular weight is 343 g/mol. The van der Waals surface area contributed by atoms with Gasteiger partial charge in [0, 0.05) is 33.0 Å². The fourth-order valence-corrected chi connectivity index (χ4v) is 9.23. The maximum Gasteiger partial charge on any atom is 0.672 e. The van der Waals surface area contributed by atoms with Gasteiger partial charge in [-0.3, -0.25) is 0 Å². The first-order valence-corrected chi connectivity index (χ1v) is 12.2. The van der Waals surface area contributed by atoms with E-state index in [2.05, 4.69) is 0 Å². The van der Waals surface area contributed by atoms with Gasteiger partial charge in [0.1, 0.15) is 0 Å². The fraction of sp³-hybridized carbons (Fsp3) is 1.00. The highest BCUT2D eigenvalue weighted by molar-refractivity contribution is 7.13. The van der Waals surface area contributed by atoms with Crippen molar-refractivity contribution in [3.05, 3.63) is 0 Å². The van der Waals surface area contributed by atoms with Gasteiger partial charge in [-0.15, -0.1) is 0 Å². The van der Waals surface area contributed by atoms with Crippen LogP contribution in [0.3, 0.4) is 0 Å². The molecule has 0 aromatic carbocycles. The highest BCUT2D eigenvalue weighted by Crippen LogP contribution is 2.20. The van der Waals surface area contributed by atoms with Crippen LogP contribution in [0.15, 0.2) is 0 Å². The van der Waals surface area contributed by atoms with Crippen molar-refractivity contribution in [1.29, 1.82) is 0 Å². The summed E-state index contributed by atoms with van der Waals surface area (Å²) < 4.78 is 33.8. The summed E-state index contributed by atoms with van der Waals surface area (Å²) in [7, 11) is -7.23. The van der Waals surface area contributed by atoms with Crippen LogP contribution in [0.4, 0.5) is 0 Å². The van der Waals surface area contributed by atoms with Gasteiger partial charge in [-0.1, -0.05) is 0 Å². The minimum Gasteiger partial charge on any atom is -0.429 e. The van der Waals surface area contributed by atoms with Gasteiger partial charge >= 0.3 is 26.7 Å². The summed E-state index contributed by atoms with van der Waals surface area (Å²) in [5, 5.41) is 0. The summed E-state index contributed by atoms with van der Waals surface area (Å²) in [6.45, 7) is 11.0. The summed E-state index contributed by atoms with van der Waals surface area (Å²) in [6.07, 6.45) is 0. The van der Waals surface area contributed by atoms with E-state index in [-0.39, 0.29) is 0 Å². The largest absolute Gasteiger partial charge is 0.672 e. The van der Waals surface area contributed by atoms with Crippen LogP contribution < -0.4 is 0 Å². The Bertz CT molecular complexity index is 222. The molecule has 0 atom stereocenters. The Labute approximate surface area is 126 Å².